The van der Waals surface area contributed by atoms with E-state index in [1.165, 1.54) is 26.8 Å². The van der Waals surface area contributed by atoms with Crippen LogP contribution in [0.1, 0.15) is 24.1 Å². The molecule has 2 aromatic carbocycles. The predicted octanol–water partition coefficient (Wildman–Crippen LogP) is 4.00. The third-order valence-corrected chi connectivity index (χ3v) is 4.96. The zero-order valence-electron chi connectivity index (χ0n) is 11.5. The van der Waals surface area contributed by atoms with Crippen LogP contribution in [0.4, 0.5) is 4.39 Å². The summed E-state index contributed by atoms with van der Waals surface area (Å²) in [6.45, 7) is 2.12. The SMILES string of the molecule is C[C@@H]1N=C(c2ccc(I)cc2)[C@@H]2[C@H](c3ccc(F)cc3)N12. The fraction of sp³-hybridized carbons (Fsp3) is 0.235. The fourth-order valence-electron chi connectivity index (χ4n) is 3.23. The first-order valence-electron chi connectivity index (χ1n) is 7.02. The maximum absolute atomic E-state index is 13.1. The Morgan fingerprint density at radius 3 is 2.33 bits per heavy atom. The number of halogens is 2. The van der Waals surface area contributed by atoms with E-state index in [2.05, 4.69) is 58.7 Å². The Hall–Kier alpha value is -1.27. The van der Waals surface area contributed by atoms with Gasteiger partial charge in [-0.05, 0) is 64.9 Å². The molecule has 0 amide bonds. The van der Waals surface area contributed by atoms with Gasteiger partial charge in [-0.1, -0.05) is 24.3 Å². The highest BCUT2D eigenvalue weighted by molar-refractivity contribution is 14.1. The van der Waals surface area contributed by atoms with Crippen molar-refractivity contribution in [2.45, 2.75) is 25.2 Å². The number of hydrogen-bond acceptors (Lipinski definition) is 2. The van der Waals surface area contributed by atoms with Gasteiger partial charge in [-0.25, -0.2) is 4.39 Å². The van der Waals surface area contributed by atoms with Crippen LogP contribution in [0.2, 0.25) is 0 Å². The Labute approximate surface area is 136 Å². The molecule has 21 heavy (non-hydrogen) atoms. The van der Waals surface area contributed by atoms with Crippen molar-refractivity contribution >= 4 is 28.3 Å². The molecule has 2 aliphatic rings. The summed E-state index contributed by atoms with van der Waals surface area (Å²) in [6.07, 6.45) is 0.194. The molecule has 0 aliphatic carbocycles. The van der Waals surface area contributed by atoms with E-state index in [4.69, 9.17) is 4.99 Å². The van der Waals surface area contributed by atoms with Crippen LogP contribution >= 0.6 is 22.6 Å². The van der Waals surface area contributed by atoms with Gasteiger partial charge in [0.2, 0.25) is 0 Å². The van der Waals surface area contributed by atoms with Crippen LogP contribution < -0.4 is 0 Å². The average Bonchev–Trinajstić information content (AvgIpc) is 3.13. The van der Waals surface area contributed by atoms with Crippen molar-refractivity contribution in [1.82, 2.24) is 4.90 Å². The summed E-state index contributed by atoms with van der Waals surface area (Å²) in [5.41, 5.74) is 3.53. The molecule has 0 bridgehead atoms. The van der Waals surface area contributed by atoms with Crippen LogP contribution in [0.25, 0.3) is 0 Å². The van der Waals surface area contributed by atoms with Crippen molar-refractivity contribution in [2.24, 2.45) is 4.99 Å². The highest BCUT2D eigenvalue weighted by Gasteiger charge is 2.57. The third-order valence-electron chi connectivity index (χ3n) is 4.24. The zero-order chi connectivity index (χ0) is 14.6. The van der Waals surface area contributed by atoms with Gasteiger partial charge >= 0.3 is 0 Å². The number of benzene rings is 2. The average molecular weight is 392 g/mol. The first-order valence-corrected chi connectivity index (χ1v) is 8.09. The van der Waals surface area contributed by atoms with E-state index in [0.717, 1.165) is 5.71 Å². The van der Waals surface area contributed by atoms with Crippen molar-refractivity contribution < 1.29 is 4.39 Å². The van der Waals surface area contributed by atoms with E-state index in [-0.39, 0.29) is 12.0 Å². The second-order valence-electron chi connectivity index (χ2n) is 5.54. The Bertz CT molecular complexity index is 709. The normalized spacial score (nSPS) is 30.0. The molecular weight excluding hydrogens is 378 g/mol. The van der Waals surface area contributed by atoms with E-state index in [9.17, 15) is 4.39 Å². The minimum Gasteiger partial charge on any atom is -0.269 e. The zero-order valence-corrected chi connectivity index (χ0v) is 13.7. The molecule has 4 heteroatoms. The fourth-order valence-corrected chi connectivity index (χ4v) is 3.59. The Morgan fingerprint density at radius 2 is 1.67 bits per heavy atom. The van der Waals surface area contributed by atoms with E-state index >= 15 is 0 Å². The van der Waals surface area contributed by atoms with Gasteiger partial charge in [-0.15, -0.1) is 0 Å². The van der Waals surface area contributed by atoms with E-state index in [0.29, 0.717) is 12.1 Å². The Morgan fingerprint density at radius 1 is 1.00 bits per heavy atom. The Balaban J connectivity index is 1.65. The van der Waals surface area contributed by atoms with Crippen LogP contribution in [0.15, 0.2) is 53.5 Å². The first-order chi connectivity index (χ1) is 10.1. The molecule has 0 aromatic heterocycles. The molecule has 4 rings (SSSR count). The minimum atomic E-state index is -0.181. The lowest BCUT2D eigenvalue weighted by Crippen LogP contribution is -2.09. The molecule has 2 heterocycles. The molecule has 106 valence electrons. The number of nitrogens with zero attached hydrogens (tertiary/aromatic N) is 2. The summed E-state index contributed by atoms with van der Waals surface area (Å²) in [5.74, 6) is -0.181. The summed E-state index contributed by atoms with van der Waals surface area (Å²) < 4.78 is 14.3. The number of rotatable bonds is 2. The third kappa shape index (κ3) is 2.21. The quantitative estimate of drug-likeness (QED) is 0.557. The maximum Gasteiger partial charge on any atom is 0.123 e. The summed E-state index contributed by atoms with van der Waals surface area (Å²) in [7, 11) is 0. The van der Waals surface area contributed by atoms with Crippen molar-refractivity contribution in [3.63, 3.8) is 0 Å². The van der Waals surface area contributed by atoms with Crippen LogP contribution in [-0.2, 0) is 0 Å². The van der Waals surface area contributed by atoms with Crippen molar-refractivity contribution in [1.29, 1.82) is 0 Å². The Kier molecular flexibility index (Phi) is 3.11. The van der Waals surface area contributed by atoms with Crippen molar-refractivity contribution in [3.8, 4) is 0 Å². The molecule has 2 aliphatic heterocycles. The molecule has 0 radical (unpaired) electrons. The van der Waals surface area contributed by atoms with E-state index < -0.39 is 0 Å². The highest BCUT2D eigenvalue weighted by Crippen LogP contribution is 2.50. The minimum absolute atomic E-state index is 0.181. The predicted molar refractivity (Wildman–Crippen MR) is 89.9 cm³/mol. The molecule has 0 spiro atoms. The lowest BCUT2D eigenvalue weighted by molar-refractivity contribution is 0.419. The van der Waals surface area contributed by atoms with Crippen LogP contribution in [0.3, 0.4) is 0 Å². The molecule has 1 unspecified atom stereocenters. The topological polar surface area (TPSA) is 15.4 Å². The van der Waals surface area contributed by atoms with Crippen LogP contribution in [0, 0.1) is 9.39 Å². The van der Waals surface area contributed by atoms with E-state index in [1.807, 2.05) is 12.1 Å². The van der Waals surface area contributed by atoms with E-state index in [1.54, 1.807) is 0 Å². The van der Waals surface area contributed by atoms with Crippen LogP contribution in [0.5, 0.6) is 0 Å². The van der Waals surface area contributed by atoms with Gasteiger partial charge in [-0.3, -0.25) is 9.89 Å². The lowest BCUT2D eigenvalue weighted by atomic mass is 10.0. The number of fused-ring (bicyclic) bond motifs is 1. The monoisotopic (exact) mass is 392 g/mol. The second-order valence-corrected chi connectivity index (χ2v) is 6.79. The second kappa shape index (κ2) is 4.88. The molecule has 4 atom stereocenters. The molecule has 0 N–H and O–H groups in total. The van der Waals surface area contributed by atoms with Gasteiger partial charge in [0.25, 0.3) is 0 Å². The van der Waals surface area contributed by atoms with Crippen molar-refractivity contribution in [2.75, 3.05) is 0 Å². The van der Waals surface area contributed by atoms with Gasteiger partial charge in [-0.2, -0.15) is 0 Å². The summed E-state index contributed by atoms with van der Waals surface area (Å²) >= 11 is 2.31. The molecule has 0 saturated carbocycles. The molecule has 1 fully saturated rings. The smallest absolute Gasteiger partial charge is 0.123 e. The summed E-state index contributed by atoms with van der Waals surface area (Å²) in [4.78, 5) is 7.15. The summed E-state index contributed by atoms with van der Waals surface area (Å²) in [6, 6.07) is 16.0. The van der Waals surface area contributed by atoms with Gasteiger partial charge in [0, 0.05) is 3.57 Å². The number of hydrogen-bond donors (Lipinski definition) is 0. The molecule has 2 nitrogen and oxygen atoms in total. The largest absolute Gasteiger partial charge is 0.269 e. The molecular formula is C17H14FIN2. The standard InChI is InChI=1S/C17H14FIN2/c1-10-20-15(11-4-8-14(19)9-5-11)17-16(21(10)17)12-2-6-13(18)7-3-12/h2-10,16-17H,1H3/t10-,16+,17-,21?/m1/s1. The number of aliphatic imine (C=N–C) groups is 1. The lowest BCUT2D eigenvalue weighted by Gasteiger charge is -2.09. The highest BCUT2D eigenvalue weighted by atomic mass is 127. The van der Waals surface area contributed by atoms with Gasteiger partial charge in [0.1, 0.15) is 12.0 Å². The maximum atomic E-state index is 13.1. The van der Waals surface area contributed by atoms with Gasteiger partial charge < -0.3 is 0 Å². The van der Waals surface area contributed by atoms with Gasteiger partial charge in [0.05, 0.1) is 17.8 Å². The first kappa shape index (κ1) is 13.4. The van der Waals surface area contributed by atoms with Gasteiger partial charge in [0.15, 0.2) is 0 Å². The molecule has 1 saturated heterocycles. The summed E-state index contributed by atoms with van der Waals surface area (Å²) in [5, 5.41) is 0. The molecule has 2 aromatic rings. The van der Waals surface area contributed by atoms with Crippen molar-refractivity contribution in [3.05, 3.63) is 69.0 Å². The van der Waals surface area contributed by atoms with Crippen LogP contribution in [-0.4, -0.2) is 22.8 Å².